The van der Waals surface area contributed by atoms with Crippen molar-refractivity contribution < 1.29 is 19.1 Å². The van der Waals surface area contributed by atoms with Crippen molar-refractivity contribution in [3.63, 3.8) is 0 Å². The summed E-state index contributed by atoms with van der Waals surface area (Å²) in [4.78, 5) is 52.1. The van der Waals surface area contributed by atoms with Crippen LogP contribution in [0, 0.1) is 11.8 Å². The molecule has 4 N–H and O–H groups in total. The number of aromatic amines is 1. The SMILES string of the molecule is CN(C)c1ncc(-c2ccc(C[C@H](N)C(=O)N(C(=O)C3CCC(CNC(=O)OC(C)(C)C)CC3)c3ccc(-c4nn[nH]n4)cc3)cc2)cn1. The summed E-state index contributed by atoms with van der Waals surface area (Å²) in [5.41, 5.74) is 9.72. The molecule has 2 heterocycles. The number of amides is 3. The number of nitrogens with zero attached hydrogens (tertiary/aromatic N) is 7. The summed E-state index contributed by atoms with van der Waals surface area (Å²) in [6, 6.07) is 13.6. The summed E-state index contributed by atoms with van der Waals surface area (Å²) in [6.07, 6.45) is 5.95. The fourth-order valence-electron chi connectivity index (χ4n) is 5.79. The average molecular weight is 669 g/mol. The number of hydrogen-bond acceptors (Lipinski definition) is 11. The standard InChI is InChI=1S/C35H44N10O4/c1-35(2,3)49-34(48)39-19-23-8-12-26(13-9-23)31(46)45(28-16-14-25(15-17-28)30-40-42-43-41-30)32(47)29(36)18-22-6-10-24(11-7-22)27-20-37-33(38-21-27)44(4)5/h6-7,10-11,14-17,20-21,23,26,29H,8-9,12-13,18-19,36H2,1-5H3,(H,39,48)(H,40,41,42,43)/t23?,26?,29-/m0/s1. The Kier molecular flexibility index (Phi) is 11.0. The molecular formula is C35H44N10O4. The lowest BCUT2D eigenvalue weighted by molar-refractivity contribution is -0.130. The van der Waals surface area contributed by atoms with Crippen LogP contribution in [0.1, 0.15) is 52.0 Å². The molecule has 2 aromatic carbocycles. The Hall–Kier alpha value is -5.24. The van der Waals surface area contributed by atoms with Crippen LogP contribution in [-0.2, 0) is 20.7 Å². The molecule has 0 bridgehead atoms. The highest BCUT2D eigenvalue weighted by molar-refractivity contribution is 6.17. The van der Waals surface area contributed by atoms with Crippen molar-refractivity contribution in [2.45, 2.75) is 64.5 Å². The van der Waals surface area contributed by atoms with Crippen LogP contribution < -0.4 is 20.9 Å². The van der Waals surface area contributed by atoms with E-state index in [1.165, 1.54) is 4.90 Å². The van der Waals surface area contributed by atoms with Gasteiger partial charge in [-0.3, -0.25) is 9.59 Å². The molecule has 2 aromatic heterocycles. The van der Waals surface area contributed by atoms with Crippen molar-refractivity contribution in [2.24, 2.45) is 17.6 Å². The highest BCUT2D eigenvalue weighted by Gasteiger charge is 2.35. The lowest BCUT2D eigenvalue weighted by Gasteiger charge is -2.32. The van der Waals surface area contributed by atoms with Crippen LogP contribution in [0.2, 0.25) is 0 Å². The zero-order chi connectivity index (χ0) is 35.1. The number of imide groups is 1. The first-order valence-corrected chi connectivity index (χ1v) is 16.4. The maximum Gasteiger partial charge on any atom is 0.407 e. The number of alkyl carbamates (subject to hydrolysis) is 1. The largest absolute Gasteiger partial charge is 0.444 e. The van der Waals surface area contributed by atoms with Crippen molar-refractivity contribution in [1.29, 1.82) is 0 Å². The zero-order valence-corrected chi connectivity index (χ0v) is 28.6. The van der Waals surface area contributed by atoms with Gasteiger partial charge in [-0.2, -0.15) is 5.21 Å². The number of ether oxygens (including phenoxy) is 1. The lowest BCUT2D eigenvalue weighted by Crippen LogP contribution is -2.50. The number of anilines is 2. The van der Waals surface area contributed by atoms with E-state index in [4.69, 9.17) is 10.5 Å². The molecule has 14 nitrogen and oxygen atoms in total. The quantitative estimate of drug-likeness (QED) is 0.220. The predicted molar refractivity (Wildman–Crippen MR) is 185 cm³/mol. The van der Waals surface area contributed by atoms with E-state index in [9.17, 15) is 14.4 Å². The van der Waals surface area contributed by atoms with Crippen LogP contribution in [0.25, 0.3) is 22.5 Å². The molecule has 49 heavy (non-hydrogen) atoms. The number of nitrogens with one attached hydrogen (secondary N) is 2. The van der Waals surface area contributed by atoms with Gasteiger partial charge in [0.15, 0.2) is 0 Å². The number of tetrazole rings is 1. The Balaban J connectivity index is 1.27. The molecule has 1 fully saturated rings. The van der Waals surface area contributed by atoms with Crippen molar-refractivity contribution in [1.82, 2.24) is 35.9 Å². The van der Waals surface area contributed by atoms with Crippen LogP contribution >= 0.6 is 0 Å². The van der Waals surface area contributed by atoms with Crippen molar-refractivity contribution >= 4 is 29.5 Å². The van der Waals surface area contributed by atoms with Crippen LogP contribution in [0.3, 0.4) is 0 Å². The van der Waals surface area contributed by atoms with Gasteiger partial charge in [0.05, 0.1) is 11.7 Å². The van der Waals surface area contributed by atoms with E-state index < -0.39 is 23.6 Å². The van der Waals surface area contributed by atoms with E-state index in [-0.39, 0.29) is 24.2 Å². The van der Waals surface area contributed by atoms with Crippen molar-refractivity contribution in [3.05, 3.63) is 66.5 Å². The molecule has 14 heteroatoms. The predicted octanol–water partition coefficient (Wildman–Crippen LogP) is 4.15. The van der Waals surface area contributed by atoms with Crippen molar-refractivity contribution in [2.75, 3.05) is 30.4 Å². The minimum absolute atomic E-state index is 0.206. The summed E-state index contributed by atoms with van der Waals surface area (Å²) in [6.45, 7) is 5.92. The monoisotopic (exact) mass is 668 g/mol. The fourth-order valence-corrected chi connectivity index (χ4v) is 5.79. The molecule has 0 unspecified atom stereocenters. The third-order valence-corrected chi connectivity index (χ3v) is 8.40. The maximum absolute atomic E-state index is 14.1. The van der Waals surface area contributed by atoms with E-state index in [1.807, 2.05) is 64.0 Å². The average Bonchev–Trinajstić information content (AvgIpc) is 3.63. The molecule has 0 aliphatic heterocycles. The van der Waals surface area contributed by atoms with Gasteiger partial charge in [0.2, 0.25) is 17.7 Å². The molecule has 0 saturated heterocycles. The van der Waals surface area contributed by atoms with Gasteiger partial charge >= 0.3 is 6.09 Å². The molecule has 1 aliphatic carbocycles. The van der Waals surface area contributed by atoms with E-state index in [2.05, 4.69) is 35.9 Å². The molecule has 0 radical (unpaired) electrons. The Bertz CT molecular complexity index is 1700. The van der Waals surface area contributed by atoms with Gasteiger partial charge in [-0.05, 0) is 99.4 Å². The number of hydrogen-bond donors (Lipinski definition) is 3. The number of carbonyl (C=O) groups excluding carboxylic acids is 3. The number of H-pyrrole nitrogens is 1. The van der Waals surface area contributed by atoms with Crippen LogP contribution in [0.5, 0.6) is 0 Å². The topological polar surface area (TPSA) is 185 Å². The smallest absolute Gasteiger partial charge is 0.407 e. The third kappa shape index (κ3) is 9.22. The summed E-state index contributed by atoms with van der Waals surface area (Å²) in [5, 5.41) is 16.9. The zero-order valence-electron chi connectivity index (χ0n) is 28.6. The second kappa shape index (κ2) is 15.3. The molecule has 1 saturated carbocycles. The molecule has 0 spiro atoms. The van der Waals surface area contributed by atoms with E-state index >= 15 is 0 Å². The van der Waals surface area contributed by atoms with Gasteiger partial charge in [0, 0.05) is 50.1 Å². The highest BCUT2D eigenvalue weighted by Crippen LogP contribution is 2.32. The van der Waals surface area contributed by atoms with E-state index in [0.717, 1.165) is 29.5 Å². The minimum Gasteiger partial charge on any atom is -0.444 e. The Morgan fingerprint density at radius 3 is 2.14 bits per heavy atom. The number of benzene rings is 2. The van der Waals surface area contributed by atoms with Crippen molar-refractivity contribution in [3.8, 4) is 22.5 Å². The first-order chi connectivity index (χ1) is 23.4. The number of carbonyl (C=O) groups is 3. The molecule has 258 valence electrons. The van der Waals surface area contributed by atoms with Crippen LogP contribution in [0.15, 0.2) is 60.9 Å². The van der Waals surface area contributed by atoms with E-state index in [0.29, 0.717) is 42.4 Å². The molecule has 4 aromatic rings. The third-order valence-electron chi connectivity index (χ3n) is 8.40. The van der Waals surface area contributed by atoms with Gasteiger partial charge in [0.1, 0.15) is 5.60 Å². The normalized spacial score (nSPS) is 16.8. The van der Waals surface area contributed by atoms with Crippen LogP contribution in [0.4, 0.5) is 16.4 Å². The minimum atomic E-state index is -0.969. The number of aromatic nitrogens is 6. The van der Waals surface area contributed by atoms with Gasteiger partial charge < -0.3 is 20.7 Å². The first kappa shape index (κ1) is 35.1. The van der Waals surface area contributed by atoms with Gasteiger partial charge in [-0.15, -0.1) is 10.2 Å². The van der Waals surface area contributed by atoms with Gasteiger partial charge in [0.25, 0.3) is 5.91 Å². The van der Waals surface area contributed by atoms with E-state index in [1.54, 1.807) is 36.7 Å². The molecule has 1 aliphatic rings. The molecule has 1 atom stereocenters. The Morgan fingerprint density at radius 1 is 0.939 bits per heavy atom. The fraction of sp³-hybridized carbons (Fsp3) is 0.429. The van der Waals surface area contributed by atoms with Crippen LogP contribution in [-0.4, -0.2) is 80.8 Å². The van der Waals surface area contributed by atoms with Gasteiger partial charge in [-0.1, -0.05) is 24.3 Å². The summed E-state index contributed by atoms with van der Waals surface area (Å²) in [5.74, 6) is 0.0839. The van der Waals surface area contributed by atoms with Gasteiger partial charge in [-0.25, -0.2) is 19.7 Å². The number of rotatable bonds is 10. The first-order valence-electron chi connectivity index (χ1n) is 16.4. The summed E-state index contributed by atoms with van der Waals surface area (Å²) >= 11 is 0. The Morgan fingerprint density at radius 2 is 1.57 bits per heavy atom. The Labute approximate surface area is 285 Å². The highest BCUT2D eigenvalue weighted by atomic mass is 16.6. The summed E-state index contributed by atoms with van der Waals surface area (Å²) < 4.78 is 5.35. The second-order valence-corrected chi connectivity index (χ2v) is 13.6. The second-order valence-electron chi connectivity index (χ2n) is 13.6. The molecule has 3 amide bonds. The summed E-state index contributed by atoms with van der Waals surface area (Å²) in [7, 11) is 3.77. The lowest BCUT2D eigenvalue weighted by atomic mass is 9.81. The maximum atomic E-state index is 14.1. The molecule has 5 rings (SSSR count). The molecular weight excluding hydrogens is 624 g/mol. The number of nitrogens with two attached hydrogens (primary N) is 1.